The van der Waals surface area contributed by atoms with Crippen LogP contribution in [0.25, 0.3) is 0 Å². The zero-order chi connectivity index (χ0) is 12.8. The molecular weight excluding hydrogens is 260 g/mol. The second-order valence-electron chi connectivity index (χ2n) is 5.99. The van der Waals surface area contributed by atoms with Crippen molar-refractivity contribution in [3.05, 3.63) is 17.0 Å². The van der Waals surface area contributed by atoms with Gasteiger partial charge in [-0.2, -0.15) is 0 Å². The van der Waals surface area contributed by atoms with Crippen LogP contribution in [0.3, 0.4) is 0 Å². The fourth-order valence-electron chi connectivity index (χ4n) is 3.47. The minimum atomic E-state index is 0.528. The van der Waals surface area contributed by atoms with E-state index in [9.17, 15) is 0 Å². The summed E-state index contributed by atoms with van der Waals surface area (Å²) in [7, 11) is 0. The van der Waals surface area contributed by atoms with Gasteiger partial charge in [0.15, 0.2) is 0 Å². The first kappa shape index (κ1) is 11.9. The van der Waals surface area contributed by atoms with Crippen molar-refractivity contribution in [3.8, 4) is 0 Å². The summed E-state index contributed by atoms with van der Waals surface area (Å²) in [6, 6.07) is 3.09. The van der Waals surface area contributed by atoms with Crippen LogP contribution in [0.2, 0.25) is 5.15 Å². The zero-order valence-electron chi connectivity index (χ0n) is 11.0. The van der Waals surface area contributed by atoms with Crippen molar-refractivity contribution < 1.29 is 0 Å². The van der Waals surface area contributed by atoms with E-state index < -0.39 is 0 Å². The minimum absolute atomic E-state index is 0.528. The quantitative estimate of drug-likeness (QED) is 0.863. The number of halogens is 1. The number of fused-ring (bicyclic) bond motifs is 1. The Hall–Kier alpha value is -0.870. The van der Waals surface area contributed by atoms with Crippen LogP contribution in [0, 0.1) is 0 Å². The molecule has 2 saturated heterocycles. The molecule has 3 aliphatic rings. The molecule has 19 heavy (non-hydrogen) atoms. The number of nitrogens with zero attached hydrogens (tertiary/aromatic N) is 3. The van der Waals surface area contributed by atoms with Gasteiger partial charge in [-0.05, 0) is 38.6 Å². The van der Waals surface area contributed by atoms with Gasteiger partial charge in [-0.25, -0.2) is 9.97 Å². The molecule has 2 atom stereocenters. The highest BCUT2D eigenvalue weighted by atomic mass is 35.5. The molecule has 4 nitrogen and oxygen atoms in total. The Balaban J connectivity index is 1.52. The average molecular weight is 279 g/mol. The van der Waals surface area contributed by atoms with Crippen molar-refractivity contribution in [2.75, 3.05) is 18.4 Å². The lowest BCUT2D eigenvalue weighted by molar-refractivity contribution is 0.318. The molecule has 1 saturated carbocycles. The molecule has 4 rings (SSSR count). The summed E-state index contributed by atoms with van der Waals surface area (Å²) in [5.74, 6) is 2.39. The van der Waals surface area contributed by atoms with E-state index in [4.69, 9.17) is 11.6 Å². The summed E-state index contributed by atoms with van der Waals surface area (Å²) in [6.07, 6.45) is 6.27. The van der Waals surface area contributed by atoms with Gasteiger partial charge in [0.05, 0.1) is 0 Å². The average Bonchev–Trinajstić information content (AvgIpc) is 3.02. The van der Waals surface area contributed by atoms with E-state index in [1.807, 2.05) is 6.07 Å². The molecule has 0 aromatic carbocycles. The molecule has 1 N–H and O–H groups in total. The van der Waals surface area contributed by atoms with E-state index >= 15 is 0 Å². The second-order valence-corrected chi connectivity index (χ2v) is 6.38. The number of hydrogen-bond acceptors (Lipinski definition) is 4. The molecule has 3 heterocycles. The Bertz CT molecular complexity index is 488. The lowest BCUT2D eigenvalue weighted by atomic mass is 10.1. The first-order valence-corrected chi connectivity index (χ1v) is 7.72. The summed E-state index contributed by atoms with van der Waals surface area (Å²) in [5.41, 5.74) is 0. The predicted octanol–water partition coefficient (Wildman–Crippen LogP) is 2.66. The Morgan fingerprint density at radius 3 is 2.89 bits per heavy atom. The van der Waals surface area contributed by atoms with Crippen LogP contribution in [0.5, 0.6) is 0 Å². The normalized spacial score (nSPS) is 30.6. The lowest BCUT2D eigenvalue weighted by Gasteiger charge is -2.21. The van der Waals surface area contributed by atoms with Crippen molar-refractivity contribution in [3.63, 3.8) is 0 Å². The topological polar surface area (TPSA) is 41.0 Å². The Kier molecular flexibility index (Phi) is 2.88. The van der Waals surface area contributed by atoms with Crippen LogP contribution in [-0.4, -0.2) is 40.0 Å². The van der Waals surface area contributed by atoms with Gasteiger partial charge in [-0.1, -0.05) is 11.6 Å². The molecule has 0 amide bonds. The monoisotopic (exact) mass is 278 g/mol. The summed E-state index contributed by atoms with van der Waals surface area (Å²) >= 11 is 6.12. The Labute approximate surface area is 118 Å². The third-order valence-corrected chi connectivity index (χ3v) is 4.79. The summed E-state index contributed by atoms with van der Waals surface area (Å²) < 4.78 is 0. The maximum absolute atomic E-state index is 6.12. The van der Waals surface area contributed by atoms with E-state index in [2.05, 4.69) is 20.2 Å². The summed E-state index contributed by atoms with van der Waals surface area (Å²) in [4.78, 5) is 11.6. The summed E-state index contributed by atoms with van der Waals surface area (Å²) in [6.45, 7) is 2.48. The van der Waals surface area contributed by atoms with Gasteiger partial charge in [-0.15, -0.1) is 0 Å². The number of hydrogen-bond donors (Lipinski definition) is 1. The highest BCUT2D eigenvalue weighted by Crippen LogP contribution is 2.39. The number of nitrogens with one attached hydrogen (secondary N) is 1. The highest BCUT2D eigenvalue weighted by Gasteiger charge is 2.37. The Morgan fingerprint density at radius 1 is 1.16 bits per heavy atom. The van der Waals surface area contributed by atoms with E-state index in [0.717, 1.165) is 11.6 Å². The molecule has 5 heteroatoms. The fraction of sp³-hybridized carbons (Fsp3) is 0.714. The standard InChI is InChI=1S/C14H19ClN4/c15-12-8-13(18-14(17-12)9-3-4-9)16-10-5-7-19-6-1-2-11(10)19/h8-11H,1-7H2,(H,16,17,18). The van der Waals surface area contributed by atoms with E-state index in [1.165, 1.54) is 45.2 Å². The van der Waals surface area contributed by atoms with Gasteiger partial charge < -0.3 is 5.32 Å². The molecule has 0 bridgehead atoms. The van der Waals surface area contributed by atoms with Crippen LogP contribution in [0.15, 0.2) is 6.07 Å². The molecule has 2 unspecified atom stereocenters. The summed E-state index contributed by atoms with van der Waals surface area (Å²) in [5, 5.41) is 4.17. The molecule has 102 valence electrons. The van der Waals surface area contributed by atoms with Gasteiger partial charge in [0.2, 0.25) is 0 Å². The van der Waals surface area contributed by atoms with Gasteiger partial charge in [0.25, 0.3) is 0 Å². The maximum Gasteiger partial charge on any atom is 0.135 e. The zero-order valence-corrected chi connectivity index (χ0v) is 11.7. The van der Waals surface area contributed by atoms with Crippen molar-refractivity contribution in [1.82, 2.24) is 14.9 Å². The van der Waals surface area contributed by atoms with Crippen LogP contribution < -0.4 is 5.32 Å². The van der Waals surface area contributed by atoms with Gasteiger partial charge >= 0.3 is 0 Å². The fourth-order valence-corrected chi connectivity index (χ4v) is 3.66. The van der Waals surface area contributed by atoms with Gasteiger partial charge in [0.1, 0.15) is 16.8 Å². The van der Waals surface area contributed by atoms with Gasteiger partial charge in [0, 0.05) is 30.6 Å². The van der Waals surface area contributed by atoms with Gasteiger partial charge in [-0.3, -0.25) is 4.90 Å². The molecule has 1 aliphatic carbocycles. The number of rotatable bonds is 3. The molecule has 3 fully saturated rings. The van der Waals surface area contributed by atoms with Crippen molar-refractivity contribution in [2.24, 2.45) is 0 Å². The first-order chi connectivity index (χ1) is 9.29. The van der Waals surface area contributed by atoms with Crippen LogP contribution in [-0.2, 0) is 0 Å². The minimum Gasteiger partial charge on any atom is -0.366 e. The number of aromatic nitrogens is 2. The Morgan fingerprint density at radius 2 is 2.05 bits per heavy atom. The predicted molar refractivity (Wildman–Crippen MR) is 75.6 cm³/mol. The third kappa shape index (κ3) is 2.32. The van der Waals surface area contributed by atoms with Crippen molar-refractivity contribution >= 4 is 17.4 Å². The maximum atomic E-state index is 6.12. The highest BCUT2D eigenvalue weighted by molar-refractivity contribution is 6.29. The number of anilines is 1. The van der Waals surface area contributed by atoms with E-state index in [-0.39, 0.29) is 0 Å². The molecular formula is C14H19ClN4. The van der Waals surface area contributed by atoms with Crippen LogP contribution in [0.1, 0.15) is 43.8 Å². The molecule has 1 aromatic heterocycles. The van der Waals surface area contributed by atoms with E-state index in [0.29, 0.717) is 23.2 Å². The second kappa shape index (κ2) is 4.60. The lowest BCUT2D eigenvalue weighted by Crippen LogP contribution is -2.34. The first-order valence-electron chi connectivity index (χ1n) is 7.35. The van der Waals surface area contributed by atoms with Crippen LogP contribution >= 0.6 is 11.6 Å². The molecule has 1 aromatic rings. The molecule has 0 spiro atoms. The molecule has 0 radical (unpaired) electrons. The van der Waals surface area contributed by atoms with Crippen molar-refractivity contribution in [1.29, 1.82) is 0 Å². The molecule has 2 aliphatic heterocycles. The van der Waals surface area contributed by atoms with Crippen LogP contribution in [0.4, 0.5) is 5.82 Å². The third-order valence-electron chi connectivity index (χ3n) is 4.59. The SMILES string of the molecule is Clc1cc(NC2CCN3CCCC23)nc(C2CC2)n1. The largest absolute Gasteiger partial charge is 0.366 e. The smallest absolute Gasteiger partial charge is 0.135 e. The van der Waals surface area contributed by atoms with Crippen molar-refractivity contribution in [2.45, 2.75) is 50.1 Å². The van der Waals surface area contributed by atoms with E-state index in [1.54, 1.807) is 0 Å².